The number of benzene rings is 1. The predicted octanol–water partition coefficient (Wildman–Crippen LogP) is 3.58. The molecule has 2 heterocycles. The first-order valence-electron chi connectivity index (χ1n) is 7.47. The van der Waals surface area contributed by atoms with Crippen LogP contribution >= 0.6 is 0 Å². The standard InChI is InChI=1S/C17H18N4/c1-2-21-10-19-15-7-12(5-6-16(15)21)14-8-13(11-3-4-11)9-17(18)20-14/h5-11H,2-4H2,1H3,(H2,18,20). The number of nitrogens with two attached hydrogens (primary N) is 1. The monoisotopic (exact) mass is 278 g/mol. The van der Waals surface area contributed by atoms with Crippen molar-refractivity contribution in [2.45, 2.75) is 32.2 Å². The van der Waals surface area contributed by atoms with Crippen LogP contribution in [0.1, 0.15) is 31.2 Å². The fourth-order valence-electron chi connectivity index (χ4n) is 2.85. The van der Waals surface area contributed by atoms with E-state index < -0.39 is 0 Å². The second-order valence-electron chi connectivity index (χ2n) is 5.72. The van der Waals surface area contributed by atoms with Gasteiger partial charge in [0.25, 0.3) is 0 Å². The average molecular weight is 278 g/mol. The van der Waals surface area contributed by atoms with E-state index in [9.17, 15) is 0 Å². The molecule has 1 aliphatic carbocycles. The van der Waals surface area contributed by atoms with Gasteiger partial charge in [-0.05, 0) is 55.5 Å². The van der Waals surface area contributed by atoms with Crippen LogP contribution in [-0.2, 0) is 6.54 Å². The third-order valence-corrected chi connectivity index (χ3v) is 4.17. The summed E-state index contributed by atoms with van der Waals surface area (Å²) < 4.78 is 2.14. The van der Waals surface area contributed by atoms with Crippen LogP contribution in [0, 0.1) is 0 Å². The lowest BCUT2D eigenvalue weighted by Gasteiger charge is -2.07. The van der Waals surface area contributed by atoms with Gasteiger partial charge < -0.3 is 10.3 Å². The lowest BCUT2D eigenvalue weighted by Crippen LogP contribution is -1.95. The summed E-state index contributed by atoms with van der Waals surface area (Å²) in [4.78, 5) is 8.96. The molecule has 0 aliphatic heterocycles. The third-order valence-electron chi connectivity index (χ3n) is 4.17. The summed E-state index contributed by atoms with van der Waals surface area (Å²) in [6.07, 6.45) is 4.42. The smallest absolute Gasteiger partial charge is 0.124 e. The summed E-state index contributed by atoms with van der Waals surface area (Å²) >= 11 is 0. The van der Waals surface area contributed by atoms with Crippen molar-refractivity contribution in [3.63, 3.8) is 0 Å². The third kappa shape index (κ3) is 2.17. The van der Waals surface area contributed by atoms with E-state index in [1.165, 1.54) is 18.4 Å². The first kappa shape index (κ1) is 12.4. The molecule has 0 spiro atoms. The van der Waals surface area contributed by atoms with Gasteiger partial charge in [0.2, 0.25) is 0 Å². The number of aryl methyl sites for hydroxylation is 1. The second kappa shape index (κ2) is 4.58. The molecule has 0 amide bonds. The number of rotatable bonds is 3. The highest BCUT2D eigenvalue weighted by molar-refractivity contribution is 5.81. The first-order chi connectivity index (χ1) is 10.2. The summed E-state index contributed by atoms with van der Waals surface area (Å²) in [6.45, 7) is 3.05. The molecular formula is C17H18N4. The molecular weight excluding hydrogens is 260 g/mol. The molecule has 1 aliphatic rings. The zero-order chi connectivity index (χ0) is 14.4. The van der Waals surface area contributed by atoms with E-state index in [4.69, 9.17) is 5.73 Å². The van der Waals surface area contributed by atoms with Crippen LogP contribution in [0.25, 0.3) is 22.3 Å². The molecule has 4 rings (SSSR count). The Labute approximate surface area is 123 Å². The van der Waals surface area contributed by atoms with E-state index in [0.29, 0.717) is 11.7 Å². The van der Waals surface area contributed by atoms with Gasteiger partial charge in [0.15, 0.2) is 0 Å². The van der Waals surface area contributed by atoms with Crippen LogP contribution in [0.4, 0.5) is 5.82 Å². The number of fused-ring (bicyclic) bond motifs is 1. The first-order valence-corrected chi connectivity index (χ1v) is 7.47. The van der Waals surface area contributed by atoms with Crippen LogP contribution in [0.5, 0.6) is 0 Å². The molecule has 4 heteroatoms. The number of imidazole rings is 1. The molecule has 0 bridgehead atoms. The minimum Gasteiger partial charge on any atom is -0.384 e. The highest BCUT2D eigenvalue weighted by atomic mass is 15.0. The van der Waals surface area contributed by atoms with Crippen LogP contribution in [0.3, 0.4) is 0 Å². The van der Waals surface area contributed by atoms with E-state index in [1.807, 2.05) is 12.4 Å². The van der Waals surface area contributed by atoms with Gasteiger partial charge in [0, 0.05) is 12.1 Å². The van der Waals surface area contributed by atoms with Gasteiger partial charge in [0.1, 0.15) is 5.82 Å². The maximum atomic E-state index is 5.97. The molecule has 0 unspecified atom stereocenters. The van der Waals surface area contributed by atoms with E-state index in [2.05, 4.69) is 45.7 Å². The van der Waals surface area contributed by atoms with Crippen LogP contribution in [-0.4, -0.2) is 14.5 Å². The maximum absolute atomic E-state index is 5.97. The Hall–Kier alpha value is -2.36. The van der Waals surface area contributed by atoms with Gasteiger partial charge in [0.05, 0.1) is 23.1 Å². The van der Waals surface area contributed by atoms with Crippen molar-refractivity contribution in [2.75, 3.05) is 5.73 Å². The zero-order valence-electron chi connectivity index (χ0n) is 12.1. The van der Waals surface area contributed by atoms with E-state index in [1.54, 1.807) is 0 Å². The van der Waals surface area contributed by atoms with Crippen molar-refractivity contribution in [2.24, 2.45) is 0 Å². The molecule has 4 nitrogen and oxygen atoms in total. The molecule has 0 saturated heterocycles. The van der Waals surface area contributed by atoms with Crippen molar-refractivity contribution < 1.29 is 0 Å². The van der Waals surface area contributed by atoms with Crippen molar-refractivity contribution >= 4 is 16.9 Å². The molecule has 2 N–H and O–H groups in total. The number of pyridine rings is 1. The van der Waals surface area contributed by atoms with Gasteiger partial charge in [-0.15, -0.1) is 0 Å². The molecule has 21 heavy (non-hydrogen) atoms. The number of nitrogen functional groups attached to an aromatic ring is 1. The summed E-state index contributed by atoms with van der Waals surface area (Å²) in [5.41, 5.74) is 11.5. The Morgan fingerprint density at radius 3 is 2.86 bits per heavy atom. The van der Waals surface area contributed by atoms with Crippen molar-refractivity contribution in [1.29, 1.82) is 0 Å². The second-order valence-corrected chi connectivity index (χ2v) is 5.72. The summed E-state index contributed by atoms with van der Waals surface area (Å²) in [7, 11) is 0. The molecule has 1 fully saturated rings. The van der Waals surface area contributed by atoms with Gasteiger partial charge in [-0.25, -0.2) is 9.97 Å². The van der Waals surface area contributed by atoms with Crippen molar-refractivity contribution in [1.82, 2.24) is 14.5 Å². The number of hydrogen-bond donors (Lipinski definition) is 1. The molecule has 1 aromatic carbocycles. The van der Waals surface area contributed by atoms with Crippen molar-refractivity contribution in [3.05, 3.63) is 42.2 Å². The van der Waals surface area contributed by atoms with E-state index in [0.717, 1.165) is 28.8 Å². The molecule has 106 valence electrons. The normalized spacial score (nSPS) is 14.7. The number of anilines is 1. The number of aromatic nitrogens is 3. The highest BCUT2D eigenvalue weighted by Crippen LogP contribution is 2.41. The maximum Gasteiger partial charge on any atom is 0.124 e. The predicted molar refractivity (Wildman–Crippen MR) is 85.0 cm³/mol. The van der Waals surface area contributed by atoms with Crippen LogP contribution < -0.4 is 5.73 Å². The Balaban J connectivity index is 1.82. The van der Waals surface area contributed by atoms with Crippen LogP contribution in [0.2, 0.25) is 0 Å². The number of hydrogen-bond acceptors (Lipinski definition) is 3. The Kier molecular flexibility index (Phi) is 2.70. The zero-order valence-corrected chi connectivity index (χ0v) is 12.1. The van der Waals surface area contributed by atoms with Crippen LogP contribution in [0.15, 0.2) is 36.7 Å². The molecule has 2 aromatic heterocycles. The summed E-state index contributed by atoms with van der Waals surface area (Å²) in [5.74, 6) is 1.28. The lowest BCUT2D eigenvalue weighted by molar-refractivity contribution is 0.787. The topological polar surface area (TPSA) is 56.7 Å². The average Bonchev–Trinajstić information content (AvgIpc) is 3.26. The molecule has 1 saturated carbocycles. The van der Waals surface area contributed by atoms with Gasteiger partial charge in [-0.3, -0.25) is 0 Å². The molecule has 0 atom stereocenters. The molecule has 3 aromatic rings. The van der Waals surface area contributed by atoms with Gasteiger partial charge in [-0.1, -0.05) is 6.07 Å². The van der Waals surface area contributed by atoms with Crippen molar-refractivity contribution in [3.8, 4) is 11.3 Å². The summed E-state index contributed by atoms with van der Waals surface area (Å²) in [6, 6.07) is 10.5. The van der Waals surface area contributed by atoms with E-state index >= 15 is 0 Å². The molecule has 0 radical (unpaired) electrons. The van der Waals surface area contributed by atoms with E-state index in [-0.39, 0.29) is 0 Å². The van der Waals surface area contributed by atoms with Gasteiger partial charge in [-0.2, -0.15) is 0 Å². The minimum atomic E-state index is 0.605. The number of nitrogens with zero attached hydrogens (tertiary/aromatic N) is 3. The summed E-state index contributed by atoms with van der Waals surface area (Å²) in [5, 5.41) is 0. The Bertz CT molecular complexity index is 815. The SMILES string of the molecule is CCn1cnc2cc(-c3cc(C4CC4)cc(N)n3)ccc21. The Morgan fingerprint density at radius 2 is 2.10 bits per heavy atom. The quantitative estimate of drug-likeness (QED) is 0.796. The fraction of sp³-hybridized carbons (Fsp3) is 0.294. The minimum absolute atomic E-state index is 0.605. The van der Waals surface area contributed by atoms with Gasteiger partial charge >= 0.3 is 0 Å². The largest absolute Gasteiger partial charge is 0.384 e. The lowest BCUT2D eigenvalue weighted by atomic mass is 10.1. The fourth-order valence-corrected chi connectivity index (χ4v) is 2.85. The highest BCUT2D eigenvalue weighted by Gasteiger charge is 2.24. The Morgan fingerprint density at radius 1 is 1.24 bits per heavy atom.